The van der Waals surface area contributed by atoms with Gasteiger partial charge in [-0.25, -0.2) is 9.78 Å². The molecule has 24 heavy (non-hydrogen) atoms. The van der Waals surface area contributed by atoms with E-state index in [9.17, 15) is 9.59 Å². The maximum atomic E-state index is 12.5. The van der Waals surface area contributed by atoms with E-state index in [2.05, 4.69) is 24.1 Å². The molecule has 1 aromatic heterocycles. The summed E-state index contributed by atoms with van der Waals surface area (Å²) in [6.45, 7) is 9.42. The van der Waals surface area contributed by atoms with Crippen molar-refractivity contribution in [3.63, 3.8) is 0 Å². The molecule has 1 aliphatic rings. The van der Waals surface area contributed by atoms with Gasteiger partial charge in [-0.15, -0.1) is 0 Å². The number of carbonyl (C=O) groups excluding carboxylic acids is 2. The van der Waals surface area contributed by atoms with Gasteiger partial charge in [-0.05, 0) is 26.7 Å². The van der Waals surface area contributed by atoms with Gasteiger partial charge in [0.05, 0.1) is 6.61 Å². The van der Waals surface area contributed by atoms with Crippen LogP contribution < -0.4 is 5.32 Å². The first kappa shape index (κ1) is 18.3. The van der Waals surface area contributed by atoms with Crippen LogP contribution in [0.5, 0.6) is 0 Å². The first-order valence-corrected chi connectivity index (χ1v) is 8.68. The molecule has 2 amide bonds. The highest BCUT2D eigenvalue weighted by Gasteiger charge is 2.27. The molecule has 0 saturated carbocycles. The third-order valence-corrected chi connectivity index (χ3v) is 4.38. The average Bonchev–Trinajstić information content (AvgIpc) is 3.04. The second-order valence-corrected chi connectivity index (χ2v) is 6.49. The van der Waals surface area contributed by atoms with E-state index in [1.165, 1.54) is 0 Å². The van der Waals surface area contributed by atoms with E-state index in [1.54, 1.807) is 18.0 Å². The van der Waals surface area contributed by atoms with Crippen LogP contribution in [0.1, 0.15) is 58.3 Å². The fourth-order valence-electron chi connectivity index (χ4n) is 2.97. The highest BCUT2D eigenvalue weighted by atomic mass is 16.6. The van der Waals surface area contributed by atoms with Crippen LogP contribution in [0.4, 0.5) is 4.79 Å². The Hall–Kier alpha value is -2.05. The predicted molar refractivity (Wildman–Crippen MR) is 90.8 cm³/mol. The summed E-state index contributed by atoms with van der Waals surface area (Å²) in [6, 6.07) is -0.204. The quantitative estimate of drug-likeness (QED) is 0.895. The number of aromatic nitrogens is 2. The number of hydrogen-bond acceptors (Lipinski definition) is 4. The van der Waals surface area contributed by atoms with E-state index in [1.807, 2.05) is 17.7 Å². The van der Waals surface area contributed by atoms with Crippen molar-refractivity contribution in [1.29, 1.82) is 0 Å². The topological polar surface area (TPSA) is 76.5 Å². The number of imidazole rings is 1. The Kier molecular flexibility index (Phi) is 6.23. The summed E-state index contributed by atoms with van der Waals surface area (Å²) in [5.74, 6) is 1.17. The molecule has 2 heterocycles. The summed E-state index contributed by atoms with van der Waals surface area (Å²) in [7, 11) is 0. The lowest BCUT2D eigenvalue weighted by Gasteiger charge is -2.32. The average molecular weight is 336 g/mol. The molecule has 1 N–H and O–H groups in total. The first-order valence-electron chi connectivity index (χ1n) is 8.68. The SMILES string of the molecule is CCOC(=O)N1CCC(NC(=O)C(C)n2ccnc2C(C)C)CC1. The van der Waals surface area contributed by atoms with Crippen molar-refractivity contribution in [3.05, 3.63) is 18.2 Å². The molecule has 2 rings (SSSR count). The summed E-state index contributed by atoms with van der Waals surface area (Å²) in [6.07, 6.45) is 4.81. The predicted octanol–water partition coefficient (Wildman–Crippen LogP) is 2.30. The van der Waals surface area contributed by atoms with E-state index >= 15 is 0 Å². The molecule has 1 atom stereocenters. The Balaban J connectivity index is 1.87. The lowest BCUT2D eigenvalue weighted by Crippen LogP contribution is -2.48. The number of nitrogens with one attached hydrogen (secondary N) is 1. The molecule has 1 aliphatic heterocycles. The third kappa shape index (κ3) is 4.27. The largest absolute Gasteiger partial charge is 0.450 e. The van der Waals surface area contributed by atoms with Gasteiger partial charge < -0.3 is 19.5 Å². The van der Waals surface area contributed by atoms with Gasteiger partial charge in [-0.3, -0.25) is 4.79 Å². The number of likely N-dealkylation sites (tertiary alicyclic amines) is 1. The summed E-state index contributed by atoms with van der Waals surface area (Å²) in [5, 5.41) is 3.10. The molecule has 0 aromatic carbocycles. The molecular formula is C17H28N4O3. The summed E-state index contributed by atoms with van der Waals surface area (Å²) in [5.41, 5.74) is 0. The third-order valence-electron chi connectivity index (χ3n) is 4.38. The Morgan fingerprint density at radius 1 is 1.33 bits per heavy atom. The van der Waals surface area contributed by atoms with Crippen molar-refractivity contribution in [1.82, 2.24) is 19.8 Å². The lowest BCUT2D eigenvalue weighted by atomic mass is 10.0. The van der Waals surface area contributed by atoms with Gasteiger partial charge in [-0.2, -0.15) is 0 Å². The minimum atomic E-state index is -0.298. The molecule has 1 aromatic rings. The summed E-state index contributed by atoms with van der Waals surface area (Å²) >= 11 is 0. The molecule has 1 unspecified atom stereocenters. The van der Waals surface area contributed by atoms with Gasteiger partial charge in [0, 0.05) is 37.4 Å². The summed E-state index contributed by atoms with van der Waals surface area (Å²) < 4.78 is 6.93. The lowest BCUT2D eigenvalue weighted by molar-refractivity contribution is -0.124. The first-order chi connectivity index (χ1) is 11.4. The number of nitrogens with zero attached hydrogens (tertiary/aromatic N) is 3. The van der Waals surface area contributed by atoms with Gasteiger partial charge in [0.1, 0.15) is 11.9 Å². The second-order valence-electron chi connectivity index (χ2n) is 6.49. The van der Waals surface area contributed by atoms with Crippen molar-refractivity contribution in [2.75, 3.05) is 19.7 Å². The molecule has 1 saturated heterocycles. The summed E-state index contributed by atoms with van der Waals surface area (Å²) in [4.78, 5) is 30.3. The standard InChI is InChI=1S/C17H28N4O3/c1-5-24-17(23)20-9-6-14(7-10-20)19-16(22)13(4)21-11-8-18-15(21)12(2)3/h8,11-14H,5-7,9-10H2,1-4H3,(H,19,22). The second kappa shape index (κ2) is 8.17. The van der Waals surface area contributed by atoms with Gasteiger partial charge in [0.25, 0.3) is 0 Å². The van der Waals surface area contributed by atoms with Gasteiger partial charge in [0.2, 0.25) is 5.91 Å². The highest BCUT2D eigenvalue weighted by Crippen LogP contribution is 2.18. The van der Waals surface area contributed by atoms with E-state index < -0.39 is 0 Å². The van der Waals surface area contributed by atoms with Gasteiger partial charge >= 0.3 is 6.09 Å². The molecule has 0 bridgehead atoms. The van der Waals surface area contributed by atoms with E-state index in [0.717, 1.165) is 18.7 Å². The van der Waals surface area contributed by atoms with Crippen LogP contribution in [-0.4, -0.2) is 52.2 Å². The van der Waals surface area contributed by atoms with Crippen molar-refractivity contribution < 1.29 is 14.3 Å². The van der Waals surface area contributed by atoms with Crippen LogP contribution >= 0.6 is 0 Å². The molecule has 7 nitrogen and oxygen atoms in total. The Morgan fingerprint density at radius 2 is 2.00 bits per heavy atom. The fourth-order valence-corrected chi connectivity index (χ4v) is 2.97. The number of hydrogen-bond donors (Lipinski definition) is 1. The number of ether oxygens (including phenoxy) is 1. The molecule has 0 aliphatic carbocycles. The Morgan fingerprint density at radius 3 is 2.58 bits per heavy atom. The zero-order chi connectivity index (χ0) is 17.7. The maximum absolute atomic E-state index is 12.5. The van der Waals surface area contributed by atoms with Crippen molar-refractivity contribution in [3.8, 4) is 0 Å². The van der Waals surface area contributed by atoms with Crippen LogP contribution in [0.2, 0.25) is 0 Å². The van der Waals surface area contributed by atoms with Crippen LogP contribution in [-0.2, 0) is 9.53 Å². The Labute approximate surface area is 143 Å². The van der Waals surface area contributed by atoms with Crippen LogP contribution in [0.3, 0.4) is 0 Å². The molecule has 134 valence electrons. The van der Waals surface area contributed by atoms with Crippen LogP contribution in [0, 0.1) is 0 Å². The number of carbonyl (C=O) groups is 2. The monoisotopic (exact) mass is 336 g/mol. The minimum absolute atomic E-state index is 0.00974. The minimum Gasteiger partial charge on any atom is -0.450 e. The van der Waals surface area contributed by atoms with Crippen molar-refractivity contribution >= 4 is 12.0 Å². The zero-order valence-electron chi connectivity index (χ0n) is 15.0. The molecule has 1 fully saturated rings. The normalized spacial score (nSPS) is 17.0. The van der Waals surface area contributed by atoms with E-state index in [0.29, 0.717) is 19.7 Å². The van der Waals surface area contributed by atoms with Gasteiger partial charge in [-0.1, -0.05) is 13.8 Å². The molecular weight excluding hydrogens is 308 g/mol. The van der Waals surface area contributed by atoms with E-state index in [-0.39, 0.29) is 30.0 Å². The smallest absolute Gasteiger partial charge is 0.409 e. The fraction of sp³-hybridized carbons (Fsp3) is 0.706. The van der Waals surface area contributed by atoms with Crippen molar-refractivity contribution in [2.45, 2.75) is 58.5 Å². The zero-order valence-corrected chi connectivity index (χ0v) is 15.0. The Bertz CT molecular complexity index is 562. The number of rotatable bonds is 5. The van der Waals surface area contributed by atoms with Gasteiger partial charge in [0.15, 0.2) is 0 Å². The van der Waals surface area contributed by atoms with Crippen molar-refractivity contribution in [2.24, 2.45) is 0 Å². The van der Waals surface area contributed by atoms with Crippen LogP contribution in [0.15, 0.2) is 12.4 Å². The molecule has 0 spiro atoms. The number of amides is 2. The maximum Gasteiger partial charge on any atom is 0.409 e. The highest BCUT2D eigenvalue weighted by molar-refractivity contribution is 5.80. The molecule has 7 heteroatoms. The van der Waals surface area contributed by atoms with Crippen LogP contribution in [0.25, 0.3) is 0 Å². The number of piperidine rings is 1. The molecule has 0 radical (unpaired) electrons. The van der Waals surface area contributed by atoms with E-state index in [4.69, 9.17) is 4.74 Å².